The van der Waals surface area contributed by atoms with E-state index in [1.54, 1.807) is 6.07 Å². The SMILES string of the molecule is CCC1CCC(N)C(Oc2ccc(F)cc2C)C1. The molecule has 1 fully saturated rings. The van der Waals surface area contributed by atoms with Crippen LogP contribution in [0.5, 0.6) is 5.75 Å². The van der Waals surface area contributed by atoms with Crippen molar-refractivity contribution >= 4 is 0 Å². The standard InChI is InChI=1S/C15H22FNO/c1-3-11-4-6-13(17)15(9-11)18-14-7-5-12(16)8-10(14)2/h5,7-8,11,13,15H,3-4,6,9,17H2,1-2H3. The molecule has 1 aromatic carbocycles. The van der Waals surface area contributed by atoms with Gasteiger partial charge in [0.15, 0.2) is 0 Å². The van der Waals surface area contributed by atoms with Crippen LogP contribution in [-0.4, -0.2) is 12.1 Å². The summed E-state index contributed by atoms with van der Waals surface area (Å²) in [6.45, 7) is 4.08. The summed E-state index contributed by atoms with van der Waals surface area (Å²) in [5.41, 5.74) is 6.96. The number of rotatable bonds is 3. The molecule has 2 rings (SSSR count). The van der Waals surface area contributed by atoms with Crippen molar-refractivity contribution in [3.05, 3.63) is 29.6 Å². The van der Waals surface area contributed by atoms with E-state index in [0.29, 0.717) is 5.92 Å². The second-order valence-corrected chi connectivity index (χ2v) is 5.32. The van der Waals surface area contributed by atoms with E-state index in [9.17, 15) is 4.39 Å². The zero-order chi connectivity index (χ0) is 13.1. The average molecular weight is 251 g/mol. The Kier molecular flexibility index (Phi) is 4.23. The largest absolute Gasteiger partial charge is 0.489 e. The minimum Gasteiger partial charge on any atom is -0.489 e. The molecule has 2 N–H and O–H groups in total. The highest BCUT2D eigenvalue weighted by atomic mass is 19.1. The molecule has 2 nitrogen and oxygen atoms in total. The van der Waals surface area contributed by atoms with Gasteiger partial charge in [0.1, 0.15) is 17.7 Å². The van der Waals surface area contributed by atoms with Crippen LogP contribution in [0.15, 0.2) is 18.2 Å². The molecule has 18 heavy (non-hydrogen) atoms. The first kappa shape index (κ1) is 13.3. The number of ether oxygens (including phenoxy) is 1. The van der Waals surface area contributed by atoms with Gasteiger partial charge in [0.05, 0.1) is 0 Å². The molecule has 0 aliphatic heterocycles. The van der Waals surface area contributed by atoms with Crippen molar-refractivity contribution in [2.24, 2.45) is 11.7 Å². The van der Waals surface area contributed by atoms with Gasteiger partial charge in [0.2, 0.25) is 0 Å². The number of halogens is 1. The van der Waals surface area contributed by atoms with Crippen LogP contribution < -0.4 is 10.5 Å². The topological polar surface area (TPSA) is 35.2 Å². The fraction of sp³-hybridized carbons (Fsp3) is 0.600. The van der Waals surface area contributed by atoms with E-state index in [2.05, 4.69) is 6.92 Å². The number of benzene rings is 1. The molecular weight excluding hydrogens is 229 g/mol. The minimum absolute atomic E-state index is 0.0628. The summed E-state index contributed by atoms with van der Waals surface area (Å²) >= 11 is 0. The third-order valence-electron chi connectivity index (χ3n) is 3.94. The highest BCUT2D eigenvalue weighted by molar-refractivity contribution is 5.32. The number of aryl methyl sites for hydroxylation is 1. The minimum atomic E-state index is -0.223. The lowest BCUT2D eigenvalue weighted by Crippen LogP contribution is -2.43. The summed E-state index contributed by atoms with van der Waals surface area (Å²) in [5.74, 6) is 1.24. The lowest BCUT2D eigenvalue weighted by Gasteiger charge is -2.34. The van der Waals surface area contributed by atoms with Gasteiger partial charge in [-0.05, 0) is 55.9 Å². The molecule has 1 aliphatic carbocycles. The highest BCUT2D eigenvalue weighted by Gasteiger charge is 2.29. The van der Waals surface area contributed by atoms with E-state index < -0.39 is 0 Å². The predicted molar refractivity (Wildman–Crippen MR) is 71.2 cm³/mol. The molecule has 3 atom stereocenters. The van der Waals surface area contributed by atoms with Gasteiger partial charge in [0, 0.05) is 6.04 Å². The molecule has 3 unspecified atom stereocenters. The zero-order valence-corrected chi connectivity index (χ0v) is 11.2. The summed E-state index contributed by atoms with van der Waals surface area (Å²) < 4.78 is 19.0. The van der Waals surface area contributed by atoms with Crippen LogP contribution in [0.25, 0.3) is 0 Å². The van der Waals surface area contributed by atoms with Gasteiger partial charge >= 0.3 is 0 Å². The Hall–Kier alpha value is -1.09. The van der Waals surface area contributed by atoms with Crippen molar-refractivity contribution in [3.63, 3.8) is 0 Å². The molecule has 0 heterocycles. The van der Waals surface area contributed by atoms with E-state index in [4.69, 9.17) is 10.5 Å². The fourth-order valence-electron chi connectivity index (χ4n) is 2.65. The Morgan fingerprint density at radius 1 is 1.39 bits per heavy atom. The van der Waals surface area contributed by atoms with E-state index in [1.807, 2.05) is 6.92 Å². The molecule has 0 amide bonds. The van der Waals surface area contributed by atoms with Gasteiger partial charge in [-0.15, -0.1) is 0 Å². The first-order valence-electron chi connectivity index (χ1n) is 6.78. The van der Waals surface area contributed by atoms with E-state index >= 15 is 0 Å². The lowest BCUT2D eigenvalue weighted by molar-refractivity contribution is 0.100. The lowest BCUT2D eigenvalue weighted by atomic mass is 9.83. The summed E-state index contributed by atoms with van der Waals surface area (Å²) in [5, 5.41) is 0. The van der Waals surface area contributed by atoms with Crippen molar-refractivity contribution in [3.8, 4) is 5.75 Å². The fourth-order valence-corrected chi connectivity index (χ4v) is 2.65. The molecule has 0 saturated heterocycles. The van der Waals surface area contributed by atoms with Gasteiger partial charge in [-0.25, -0.2) is 4.39 Å². The Morgan fingerprint density at radius 3 is 2.83 bits per heavy atom. The van der Waals surface area contributed by atoms with Crippen molar-refractivity contribution in [2.75, 3.05) is 0 Å². The predicted octanol–water partition coefficient (Wildman–Crippen LogP) is 3.42. The Bertz CT molecular complexity index is 407. The van der Waals surface area contributed by atoms with Crippen molar-refractivity contribution < 1.29 is 9.13 Å². The number of hydrogen-bond donors (Lipinski definition) is 1. The first-order chi connectivity index (χ1) is 8.60. The second kappa shape index (κ2) is 5.70. The van der Waals surface area contributed by atoms with Gasteiger partial charge in [-0.3, -0.25) is 0 Å². The van der Waals surface area contributed by atoms with Crippen LogP contribution in [0, 0.1) is 18.7 Å². The number of nitrogens with two attached hydrogens (primary N) is 1. The van der Waals surface area contributed by atoms with Gasteiger partial charge < -0.3 is 10.5 Å². The molecule has 100 valence electrons. The molecule has 1 saturated carbocycles. The summed E-state index contributed by atoms with van der Waals surface area (Å²) in [7, 11) is 0. The quantitative estimate of drug-likeness (QED) is 0.893. The molecular formula is C15H22FNO. The molecule has 3 heteroatoms. The molecule has 0 aromatic heterocycles. The third-order valence-corrected chi connectivity index (χ3v) is 3.94. The van der Waals surface area contributed by atoms with Crippen LogP contribution >= 0.6 is 0 Å². The van der Waals surface area contributed by atoms with E-state index in [-0.39, 0.29) is 18.0 Å². The zero-order valence-electron chi connectivity index (χ0n) is 11.2. The molecule has 0 bridgehead atoms. The number of hydrogen-bond acceptors (Lipinski definition) is 2. The van der Waals surface area contributed by atoms with Crippen LogP contribution in [0.3, 0.4) is 0 Å². The summed E-state index contributed by atoms with van der Waals surface area (Å²) in [6.07, 6.45) is 4.46. The van der Waals surface area contributed by atoms with E-state index in [1.165, 1.54) is 25.0 Å². The normalized spacial score (nSPS) is 28.1. The monoisotopic (exact) mass is 251 g/mol. The first-order valence-corrected chi connectivity index (χ1v) is 6.78. The van der Waals surface area contributed by atoms with Crippen molar-refractivity contribution in [1.29, 1.82) is 0 Å². The highest BCUT2D eigenvalue weighted by Crippen LogP contribution is 2.30. The maximum absolute atomic E-state index is 13.0. The van der Waals surface area contributed by atoms with Crippen molar-refractivity contribution in [2.45, 2.75) is 51.7 Å². The Balaban J connectivity index is 2.07. The maximum atomic E-state index is 13.0. The average Bonchev–Trinajstić information content (AvgIpc) is 2.35. The molecule has 1 aromatic rings. The Morgan fingerprint density at radius 2 is 2.17 bits per heavy atom. The smallest absolute Gasteiger partial charge is 0.123 e. The van der Waals surface area contributed by atoms with Gasteiger partial charge in [-0.2, -0.15) is 0 Å². The molecule has 0 spiro atoms. The van der Waals surface area contributed by atoms with Crippen molar-refractivity contribution in [1.82, 2.24) is 0 Å². The van der Waals surface area contributed by atoms with E-state index in [0.717, 1.165) is 24.2 Å². The van der Waals surface area contributed by atoms with Crippen LogP contribution in [0.2, 0.25) is 0 Å². The van der Waals surface area contributed by atoms with Crippen LogP contribution in [0.4, 0.5) is 4.39 Å². The summed E-state index contributed by atoms with van der Waals surface area (Å²) in [4.78, 5) is 0. The maximum Gasteiger partial charge on any atom is 0.123 e. The third kappa shape index (κ3) is 3.02. The Labute approximate surface area is 108 Å². The molecule has 0 radical (unpaired) electrons. The summed E-state index contributed by atoms with van der Waals surface area (Å²) in [6, 6.07) is 4.74. The second-order valence-electron chi connectivity index (χ2n) is 5.32. The molecule has 1 aliphatic rings. The van der Waals surface area contributed by atoms with Gasteiger partial charge in [-0.1, -0.05) is 13.3 Å². The van der Waals surface area contributed by atoms with Crippen LogP contribution in [0.1, 0.15) is 38.2 Å². The van der Waals surface area contributed by atoms with Gasteiger partial charge in [0.25, 0.3) is 0 Å². The van der Waals surface area contributed by atoms with Crippen LogP contribution in [-0.2, 0) is 0 Å².